The SMILES string of the molecule is CC(CO)N=CC(C(=O)O)=C(O)c1cc(F)c(N2CCN(C)CC2)c(F)c1F. The molecule has 0 radical (unpaired) electrons. The first-order valence-corrected chi connectivity index (χ1v) is 8.59. The molecule has 1 aromatic rings. The number of carboxylic acids is 1. The molecule has 1 unspecified atom stereocenters. The molecule has 0 aromatic heterocycles. The molecule has 1 heterocycles. The Morgan fingerprint density at radius 2 is 1.82 bits per heavy atom. The largest absolute Gasteiger partial charge is 0.506 e. The van der Waals surface area contributed by atoms with Crippen LogP contribution >= 0.6 is 0 Å². The van der Waals surface area contributed by atoms with Crippen molar-refractivity contribution in [3.05, 3.63) is 34.7 Å². The Labute approximate surface area is 160 Å². The number of aliphatic hydroxyl groups is 2. The molecular weight excluding hydrogens is 379 g/mol. The molecule has 0 spiro atoms. The van der Waals surface area contributed by atoms with Crippen molar-refractivity contribution in [2.75, 3.05) is 44.7 Å². The van der Waals surface area contributed by atoms with Crippen molar-refractivity contribution in [1.82, 2.24) is 4.90 Å². The van der Waals surface area contributed by atoms with E-state index in [2.05, 4.69) is 4.99 Å². The fourth-order valence-electron chi connectivity index (χ4n) is 2.69. The molecule has 0 amide bonds. The number of benzene rings is 1. The topological polar surface area (TPSA) is 96.6 Å². The van der Waals surface area contributed by atoms with Gasteiger partial charge >= 0.3 is 5.97 Å². The lowest BCUT2D eigenvalue weighted by Gasteiger charge is -2.34. The maximum atomic E-state index is 14.6. The van der Waals surface area contributed by atoms with Crippen LogP contribution in [-0.4, -0.2) is 78.3 Å². The Hall–Kier alpha value is -2.59. The van der Waals surface area contributed by atoms with Gasteiger partial charge in [0.15, 0.2) is 11.6 Å². The van der Waals surface area contributed by atoms with Gasteiger partial charge in [0.05, 0.1) is 18.2 Å². The number of aliphatic hydroxyl groups excluding tert-OH is 2. The Balaban J connectivity index is 2.50. The van der Waals surface area contributed by atoms with Crippen molar-refractivity contribution >= 4 is 23.6 Å². The number of carboxylic acid groups (broad SMARTS) is 1. The molecule has 3 N–H and O–H groups in total. The van der Waals surface area contributed by atoms with Crippen molar-refractivity contribution in [2.24, 2.45) is 4.99 Å². The average Bonchev–Trinajstić information content (AvgIpc) is 2.65. The van der Waals surface area contributed by atoms with Crippen LogP contribution in [-0.2, 0) is 4.79 Å². The number of carbonyl (C=O) groups is 1. The van der Waals surface area contributed by atoms with E-state index in [1.165, 1.54) is 11.8 Å². The van der Waals surface area contributed by atoms with E-state index in [9.17, 15) is 28.2 Å². The molecule has 1 aliphatic rings. The highest BCUT2D eigenvalue weighted by atomic mass is 19.2. The molecule has 1 aromatic carbocycles. The number of nitrogens with zero attached hydrogens (tertiary/aromatic N) is 3. The third kappa shape index (κ3) is 4.63. The minimum absolute atomic E-state index is 0.289. The second-order valence-electron chi connectivity index (χ2n) is 6.55. The van der Waals surface area contributed by atoms with Crippen molar-refractivity contribution in [2.45, 2.75) is 13.0 Å². The van der Waals surface area contributed by atoms with Gasteiger partial charge in [0.2, 0.25) is 0 Å². The standard InChI is InChI=1S/C18H22F3N3O4/c1-10(9-25)22-8-12(18(27)28)17(26)11-7-13(19)16(15(21)14(11)20)24-5-3-23(2)4-6-24/h7-8,10,25-26H,3-6,9H2,1-2H3,(H,27,28). The van der Waals surface area contributed by atoms with Crippen LogP contribution in [0.3, 0.4) is 0 Å². The molecule has 1 atom stereocenters. The van der Waals surface area contributed by atoms with E-state index in [0.717, 1.165) is 0 Å². The van der Waals surface area contributed by atoms with Crippen LogP contribution in [0.25, 0.3) is 5.76 Å². The van der Waals surface area contributed by atoms with E-state index in [1.807, 2.05) is 11.9 Å². The van der Waals surface area contributed by atoms with E-state index in [1.54, 1.807) is 0 Å². The van der Waals surface area contributed by atoms with Crippen LogP contribution < -0.4 is 4.90 Å². The third-order valence-electron chi connectivity index (χ3n) is 4.42. The minimum Gasteiger partial charge on any atom is -0.506 e. The average molecular weight is 401 g/mol. The number of hydrogen-bond acceptors (Lipinski definition) is 6. The van der Waals surface area contributed by atoms with Crippen LogP contribution in [0, 0.1) is 17.5 Å². The fourth-order valence-corrected chi connectivity index (χ4v) is 2.69. The van der Waals surface area contributed by atoms with Gasteiger partial charge in [-0.3, -0.25) is 4.99 Å². The smallest absolute Gasteiger partial charge is 0.341 e. The van der Waals surface area contributed by atoms with Crippen LogP contribution in [0.5, 0.6) is 0 Å². The van der Waals surface area contributed by atoms with Gasteiger partial charge in [-0.25, -0.2) is 18.0 Å². The predicted molar refractivity (Wildman–Crippen MR) is 98.3 cm³/mol. The second-order valence-corrected chi connectivity index (χ2v) is 6.55. The number of halogens is 3. The van der Waals surface area contributed by atoms with Crippen molar-refractivity contribution in [1.29, 1.82) is 0 Å². The quantitative estimate of drug-likeness (QED) is 0.290. The zero-order valence-corrected chi connectivity index (χ0v) is 15.5. The highest BCUT2D eigenvalue weighted by Crippen LogP contribution is 2.32. The van der Waals surface area contributed by atoms with Gasteiger partial charge < -0.3 is 25.1 Å². The summed E-state index contributed by atoms with van der Waals surface area (Å²) in [4.78, 5) is 18.4. The number of likely N-dealkylation sites (N-methyl/N-ethyl adjacent to an activating group) is 1. The van der Waals surface area contributed by atoms with Gasteiger partial charge in [-0.05, 0) is 20.0 Å². The molecule has 1 saturated heterocycles. The maximum absolute atomic E-state index is 14.6. The monoisotopic (exact) mass is 401 g/mol. The number of rotatable bonds is 6. The number of anilines is 1. The normalized spacial score (nSPS) is 17.7. The number of hydrogen-bond donors (Lipinski definition) is 3. The van der Waals surface area contributed by atoms with E-state index in [-0.39, 0.29) is 19.7 Å². The van der Waals surface area contributed by atoms with Crippen molar-refractivity contribution in [3.63, 3.8) is 0 Å². The first-order valence-electron chi connectivity index (χ1n) is 8.59. The summed E-state index contributed by atoms with van der Waals surface area (Å²) in [5.74, 6) is -7.02. The highest BCUT2D eigenvalue weighted by molar-refractivity contribution is 6.14. The van der Waals surface area contributed by atoms with Crippen LogP contribution in [0.1, 0.15) is 12.5 Å². The lowest BCUT2D eigenvalue weighted by Crippen LogP contribution is -2.45. The molecule has 1 fully saturated rings. The highest BCUT2D eigenvalue weighted by Gasteiger charge is 2.28. The lowest BCUT2D eigenvalue weighted by molar-refractivity contribution is -0.132. The molecule has 2 rings (SSSR count). The summed E-state index contributed by atoms with van der Waals surface area (Å²) in [6, 6.07) is -0.117. The summed E-state index contributed by atoms with van der Waals surface area (Å²) < 4.78 is 43.7. The Bertz CT molecular complexity index is 806. The van der Waals surface area contributed by atoms with Gasteiger partial charge in [0, 0.05) is 32.4 Å². The minimum atomic E-state index is -1.67. The zero-order chi connectivity index (χ0) is 21.0. The Morgan fingerprint density at radius 3 is 2.36 bits per heavy atom. The van der Waals surface area contributed by atoms with E-state index in [4.69, 9.17) is 5.11 Å². The molecule has 28 heavy (non-hydrogen) atoms. The van der Waals surface area contributed by atoms with E-state index in [0.29, 0.717) is 25.4 Å². The molecule has 0 aliphatic carbocycles. The van der Waals surface area contributed by atoms with Crippen LogP contribution in [0.4, 0.5) is 18.9 Å². The summed E-state index contributed by atoms with van der Waals surface area (Å²) in [6.45, 7) is 2.74. The van der Waals surface area contributed by atoms with E-state index < -0.39 is 52.0 Å². The maximum Gasteiger partial charge on any atom is 0.341 e. The van der Waals surface area contributed by atoms with Crippen molar-refractivity contribution in [3.8, 4) is 0 Å². The summed E-state index contributed by atoms with van der Waals surface area (Å²) in [5, 5.41) is 28.3. The van der Waals surface area contributed by atoms with E-state index >= 15 is 0 Å². The third-order valence-corrected chi connectivity index (χ3v) is 4.42. The molecule has 154 valence electrons. The number of piperazine rings is 1. The molecule has 1 aliphatic heterocycles. The summed E-state index contributed by atoms with van der Waals surface area (Å²) in [5.41, 5.74) is -2.33. The first kappa shape index (κ1) is 21.7. The molecule has 10 heteroatoms. The Morgan fingerprint density at radius 1 is 1.21 bits per heavy atom. The van der Waals surface area contributed by atoms with Crippen molar-refractivity contribution < 1.29 is 33.3 Å². The predicted octanol–water partition coefficient (Wildman–Crippen LogP) is 1.66. The van der Waals surface area contributed by atoms with Gasteiger partial charge in [-0.1, -0.05) is 0 Å². The molecule has 0 saturated carbocycles. The number of aliphatic imine (C=N–C) groups is 1. The van der Waals surface area contributed by atoms with Crippen LogP contribution in [0.15, 0.2) is 16.6 Å². The van der Waals surface area contributed by atoms with Crippen LogP contribution in [0.2, 0.25) is 0 Å². The van der Waals surface area contributed by atoms with Gasteiger partial charge in [-0.2, -0.15) is 0 Å². The Kier molecular flexibility index (Phi) is 7.03. The molecule has 0 bridgehead atoms. The summed E-state index contributed by atoms with van der Waals surface area (Å²) >= 11 is 0. The lowest BCUT2D eigenvalue weighted by atomic mass is 10.1. The van der Waals surface area contributed by atoms with Gasteiger partial charge in [0.25, 0.3) is 0 Å². The number of aliphatic carboxylic acids is 1. The molecular formula is C18H22F3N3O4. The fraction of sp³-hybridized carbons (Fsp3) is 0.444. The second kappa shape index (κ2) is 9.07. The summed E-state index contributed by atoms with van der Waals surface area (Å²) in [6.07, 6.45) is 0.711. The van der Waals surface area contributed by atoms with Gasteiger partial charge in [0.1, 0.15) is 22.8 Å². The first-order chi connectivity index (χ1) is 13.2. The molecule has 7 nitrogen and oxygen atoms in total. The van der Waals surface area contributed by atoms with Gasteiger partial charge in [-0.15, -0.1) is 0 Å². The summed E-state index contributed by atoms with van der Waals surface area (Å²) in [7, 11) is 1.85. The zero-order valence-electron chi connectivity index (χ0n) is 15.5.